The lowest BCUT2D eigenvalue weighted by atomic mass is 10.1. The van der Waals surface area contributed by atoms with Gasteiger partial charge in [0.2, 0.25) is 5.89 Å². The van der Waals surface area contributed by atoms with Crippen molar-refractivity contribution >= 4 is 0 Å². The third kappa shape index (κ3) is 2.34. The molecule has 17 heavy (non-hydrogen) atoms. The highest BCUT2D eigenvalue weighted by atomic mass is 16.5. The van der Waals surface area contributed by atoms with Crippen LogP contribution in [0.3, 0.4) is 0 Å². The number of nitriles is 1. The molecule has 0 saturated heterocycles. The Hall–Kier alpha value is -2.13. The zero-order chi connectivity index (χ0) is 12.5. The standard InChI is InChI=1S/C11H13N5O/c1-11(2,13)10-14-9(17-15-10)7-16-5-3-4-8(16)6-12/h3-5H,7,13H2,1-2H3. The number of aromatic nitrogens is 3. The van der Waals surface area contributed by atoms with Gasteiger partial charge in [0.1, 0.15) is 18.3 Å². The van der Waals surface area contributed by atoms with E-state index in [9.17, 15) is 0 Å². The van der Waals surface area contributed by atoms with Crippen LogP contribution in [0, 0.1) is 11.3 Å². The first-order chi connectivity index (χ1) is 8.00. The van der Waals surface area contributed by atoms with Gasteiger partial charge in [0.15, 0.2) is 5.82 Å². The Bertz CT molecular complexity index is 555. The summed E-state index contributed by atoms with van der Waals surface area (Å²) >= 11 is 0. The van der Waals surface area contributed by atoms with E-state index in [1.807, 2.05) is 0 Å². The summed E-state index contributed by atoms with van der Waals surface area (Å²) in [7, 11) is 0. The van der Waals surface area contributed by atoms with E-state index in [0.29, 0.717) is 24.0 Å². The van der Waals surface area contributed by atoms with Gasteiger partial charge in [-0.15, -0.1) is 0 Å². The maximum absolute atomic E-state index is 8.86. The molecule has 6 heteroatoms. The molecule has 0 aliphatic heterocycles. The first-order valence-corrected chi connectivity index (χ1v) is 5.18. The second-order valence-corrected chi connectivity index (χ2v) is 4.37. The van der Waals surface area contributed by atoms with Crippen LogP contribution in [0.5, 0.6) is 0 Å². The predicted octanol–water partition coefficient (Wildman–Crippen LogP) is 0.985. The van der Waals surface area contributed by atoms with Crippen molar-refractivity contribution in [3.05, 3.63) is 35.7 Å². The average Bonchev–Trinajstić information content (AvgIpc) is 2.86. The SMILES string of the molecule is CC(C)(N)c1noc(Cn2cccc2C#N)n1. The van der Waals surface area contributed by atoms with Crippen molar-refractivity contribution in [1.82, 2.24) is 14.7 Å². The Morgan fingerprint density at radius 3 is 2.94 bits per heavy atom. The molecule has 0 aliphatic carbocycles. The largest absolute Gasteiger partial charge is 0.337 e. The van der Waals surface area contributed by atoms with Crippen LogP contribution in [0.25, 0.3) is 0 Å². The first-order valence-electron chi connectivity index (χ1n) is 5.18. The molecule has 0 amide bonds. The van der Waals surface area contributed by atoms with Crippen LogP contribution in [0.1, 0.15) is 31.3 Å². The van der Waals surface area contributed by atoms with E-state index < -0.39 is 5.54 Å². The second kappa shape index (κ2) is 4.03. The third-order valence-corrected chi connectivity index (χ3v) is 2.29. The maximum Gasteiger partial charge on any atom is 0.246 e. The summed E-state index contributed by atoms with van der Waals surface area (Å²) in [5.41, 5.74) is 5.78. The summed E-state index contributed by atoms with van der Waals surface area (Å²) in [6.45, 7) is 3.98. The minimum atomic E-state index is -0.628. The Morgan fingerprint density at radius 1 is 1.59 bits per heavy atom. The predicted molar refractivity (Wildman–Crippen MR) is 59.8 cm³/mol. The van der Waals surface area contributed by atoms with E-state index in [1.54, 1.807) is 36.7 Å². The molecule has 0 atom stereocenters. The molecule has 0 radical (unpaired) electrons. The molecule has 88 valence electrons. The Kier molecular flexibility index (Phi) is 2.69. The van der Waals surface area contributed by atoms with E-state index in [-0.39, 0.29) is 0 Å². The van der Waals surface area contributed by atoms with Gasteiger partial charge in [-0.1, -0.05) is 5.16 Å². The van der Waals surface area contributed by atoms with Gasteiger partial charge < -0.3 is 14.8 Å². The fraction of sp³-hybridized carbons (Fsp3) is 0.364. The quantitative estimate of drug-likeness (QED) is 0.849. The summed E-state index contributed by atoms with van der Waals surface area (Å²) < 4.78 is 6.83. The van der Waals surface area contributed by atoms with E-state index in [0.717, 1.165) is 0 Å². The molecule has 2 aromatic heterocycles. The van der Waals surface area contributed by atoms with Crippen LogP contribution < -0.4 is 5.73 Å². The summed E-state index contributed by atoms with van der Waals surface area (Å²) in [5.74, 6) is 0.893. The third-order valence-electron chi connectivity index (χ3n) is 2.29. The fourth-order valence-corrected chi connectivity index (χ4v) is 1.38. The van der Waals surface area contributed by atoms with Gasteiger partial charge in [0.25, 0.3) is 0 Å². The highest BCUT2D eigenvalue weighted by Crippen LogP contribution is 2.13. The number of nitrogens with two attached hydrogens (primary N) is 1. The van der Waals surface area contributed by atoms with Gasteiger partial charge in [-0.25, -0.2) is 0 Å². The van der Waals surface area contributed by atoms with Crippen molar-refractivity contribution in [2.24, 2.45) is 5.73 Å². The van der Waals surface area contributed by atoms with Crippen molar-refractivity contribution in [3.63, 3.8) is 0 Å². The number of hydrogen-bond donors (Lipinski definition) is 1. The molecule has 2 N–H and O–H groups in total. The van der Waals surface area contributed by atoms with Crippen LogP contribution >= 0.6 is 0 Å². The molecule has 0 fully saturated rings. The molecule has 0 saturated carbocycles. The van der Waals surface area contributed by atoms with Crippen LogP contribution in [-0.4, -0.2) is 14.7 Å². The van der Waals surface area contributed by atoms with Crippen molar-refractivity contribution in [1.29, 1.82) is 5.26 Å². The average molecular weight is 231 g/mol. The highest BCUT2D eigenvalue weighted by molar-refractivity contribution is 5.22. The molecule has 0 aromatic carbocycles. The molecule has 0 bridgehead atoms. The number of nitrogens with zero attached hydrogens (tertiary/aromatic N) is 4. The molecule has 0 unspecified atom stereocenters. The zero-order valence-electron chi connectivity index (χ0n) is 9.71. The highest BCUT2D eigenvalue weighted by Gasteiger charge is 2.21. The minimum absolute atomic E-state index is 0.374. The van der Waals surface area contributed by atoms with Gasteiger partial charge in [0, 0.05) is 6.20 Å². The fourth-order valence-electron chi connectivity index (χ4n) is 1.38. The summed E-state index contributed by atoms with van der Waals surface area (Å²) in [4.78, 5) is 4.20. The molecular weight excluding hydrogens is 218 g/mol. The second-order valence-electron chi connectivity index (χ2n) is 4.37. The van der Waals surface area contributed by atoms with E-state index in [2.05, 4.69) is 16.2 Å². The van der Waals surface area contributed by atoms with Gasteiger partial charge in [-0.2, -0.15) is 10.2 Å². The van der Waals surface area contributed by atoms with Crippen LogP contribution in [0.15, 0.2) is 22.9 Å². The summed E-state index contributed by atoms with van der Waals surface area (Å²) in [6, 6.07) is 5.60. The Balaban J connectivity index is 2.21. The summed E-state index contributed by atoms with van der Waals surface area (Å²) in [5, 5.41) is 12.7. The molecule has 6 nitrogen and oxygen atoms in total. The smallest absolute Gasteiger partial charge is 0.246 e. The number of rotatable bonds is 3. The minimum Gasteiger partial charge on any atom is -0.337 e. The van der Waals surface area contributed by atoms with E-state index >= 15 is 0 Å². The lowest BCUT2D eigenvalue weighted by molar-refractivity contribution is 0.355. The molecule has 0 spiro atoms. The van der Waals surface area contributed by atoms with Crippen LogP contribution in [-0.2, 0) is 12.1 Å². The van der Waals surface area contributed by atoms with Crippen molar-refractivity contribution < 1.29 is 4.52 Å². The Morgan fingerprint density at radius 2 is 2.35 bits per heavy atom. The van der Waals surface area contributed by atoms with Crippen molar-refractivity contribution in [3.8, 4) is 6.07 Å². The molecule has 2 rings (SSSR count). The Labute approximate surface area is 98.6 Å². The van der Waals surface area contributed by atoms with Crippen LogP contribution in [0.2, 0.25) is 0 Å². The lowest BCUT2D eigenvalue weighted by Gasteiger charge is -2.11. The van der Waals surface area contributed by atoms with E-state index in [1.165, 1.54) is 0 Å². The lowest BCUT2D eigenvalue weighted by Crippen LogP contribution is -2.30. The van der Waals surface area contributed by atoms with Crippen molar-refractivity contribution in [2.75, 3.05) is 0 Å². The molecule has 2 heterocycles. The van der Waals surface area contributed by atoms with Crippen LogP contribution in [0.4, 0.5) is 0 Å². The first kappa shape index (κ1) is 11.4. The molecule has 0 aliphatic rings. The number of hydrogen-bond acceptors (Lipinski definition) is 5. The van der Waals surface area contributed by atoms with Gasteiger partial charge in [-0.05, 0) is 26.0 Å². The van der Waals surface area contributed by atoms with Gasteiger partial charge >= 0.3 is 0 Å². The monoisotopic (exact) mass is 231 g/mol. The normalized spacial score (nSPS) is 11.4. The molecule has 2 aromatic rings. The van der Waals surface area contributed by atoms with Gasteiger partial charge in [0.05, 0.1) is 5.54 Å². The maximum atomic E-state index is 8.86. The van der Waals surface area contributed by atoms with Crippen molar-refractivity contribution in [2.45, 2.75) is 25.9 Å². The van der Waals surface area contributed by atoms with E-state index in [4.69, 9.17) is 15.5 Å². The topological polar surface area (TPSA) is 93.7 Å². The summed E-state index contributed by atoms with van der Waals surface area (Å²) in [6.07, 6.45) is 1.79. The molecular formula is C11H13N5O. The zero-order valence-corrected chi connectivity index (χ0v) is 9.71. The van der Waals surface area contributed by atoms with Gasteiger partial charge in [-0.3, -0.25) is 0 Å².